The number of amides is 3. The smallest absolute Gasteiger partial charge is 0.422 e. The van der Waals surface area contributed by atoms with E-state index >= 15 is 0 Å². The molecule has 2 rings (SSSR count). The van der Waals surface area contributed by atoms with Crippen LogP contribution in [-0.2, 0) is 11.3 Å². The highest BCUT2D eigenvalue weighted by molar-refractivity contribution is 6.01. The van der Waals surface area contributed by atoms with Crippen LogP contribution in [0, 0.1) is 0 Å². The highest BCUT2D eigenvalue weighted by Gasteiger charge is 2.28. The third-order valence-electron chi connectivity index (χ3n) is 3.65. The highest BCUT2D eigenvalue weighted by atomic mass is 19.4. The molecule has 0 aliphatic carbocycles. The van der Waals surface area contributed by atoms with Crippen molar-refractivity contribution in [2.75, 3.05) is 32.8 Å². The van der Waals surface area contributed by atoms with E-state index in [0.717, 1.165) is 10.5 Å². The third kappa shape index (κ3) is 6.97. The number of carbonyl (C=O) groups excluding carboxylic acids is 2. The lowest BCUT2D eigenvalue weighted by atomic mass is 10.2. The van der Waals surface area contributed by atoms with E-state index in [1.807, 2.05) is 6.92 Å². The number of nitrogens with one attached hydrogen (secondary N) is 3. The van der Waals surface area contributed by atoms with Crippen LogP contribution < -0.4 is 20.7 Å². The summed E-state index contributed by atoms with van der Waals surface area (Å²) in [6.45, 7) is 2.00. The second-order valence-electron chi connectivity index (χ2n) is 5.87. The molecule has 28 heavy (non-hydrogen) atoms. The normalized spacial score (nSPS) is 14.9. The molecule has 1 aliphatic rings. The number of ether oxygens (including phenoxy) is 1. The van der Waals surface area contributed by atoms with Crippen LogP contribution in [0.25, 0.3) is 0 Å². The van der Waals surface area contributed by atoms with Crippen LogP contribution in [0.4, 0.5) is 18.0 Å². The molecule has 1 aliphatic heterocycles. The average molecular weight is 401 g/mol. The molecule has 0 radical (unpaired) electrons. The van der Waals surface area contributed by atoms with Gasteiger partial charge in [-0.2, -0.15) is 13.2 Å². The van der Waals surface area contributed by atoms with Gasteiger partial charge in [-0.1, -0.05) is 12.1 Å². The Morgan fingerprint density at radius 1 is 1.25 bits per heavy atom. The van der Waals surface area contributed by atoms with Gasteiger partial charge in [-0.05, 0) is 24.6 Å². The first-order valence-corrected chi connectivity index (χ1v) is 8.67. The second-order valence-corrected chi connectivity index (χ2v) is 5.87. The molecule has 154 valence electrons. The molecule has 0 saturated carbocycles. The van der Waals surface area contributed by atoms with Crippen molar-refractivity contribution in [3.05, 3.63) is 29.8 Å². The minimum Gasteiger partial charge on any atom is -0.484 e. The molecule has 8 nitrogen and oxygen atoms in total. The maximum Gasteiger partial charge on any atom is 0.422 e. The summed E-state index contributed by atoms with van der Waals surface area (Å²) < 4.78 is 41.1. The van der Waals surface area contributed by atoms with Gasteiger partial charge in [0.25, 0.3) is 0 Å². The van der Waals surface area contributed by atoms with E-state index in [1.54, 1.807) is 12.1 Å². The molecule has 11 heteroatoms. The van der Waals surface area contributed by atoms with Crippen molar-refractivity contribution in [1.29, 1.82) is 0 Å². The van der Waals surface area contributed by atoms with Gasteiger partial charge in [0.1, 0.15) is 5.75 Å². The summed E-state index contributed by atoms with van der Waals surface area (Å²) in [6, 6.07) is 5.75. The molecule has 0 aromatic heterocycles. The van der Waals surface area contributed by atoms with E-state index in [1.165, 1.54) is 12.1 Å². The first-order valence-electron chi connectivity index (χ1n) is 8.67. The quantitative estimate of drug-likeness (QED) is 0.346. The van der Waals surface area contributed by atoms with E-state index in [4.69, 9.17) is 0 Å². The maximum absolute atomic E-state index is 12.1. The number of hydrogen-bond donors (Lipinski definition) is 3. The number of hydrogen-bond acceptors (Lipinski definition) is 4. The molecule has 1 saturated heterocycles. The molecule has 0 unspecified atom stereocenters. The standard InChI is InChI=1S/C17H22F3N5O3/c1-2-21-15(22-7-8-25-14(26)10-24-16(25)27)23-9-12-3-5-13(6-4-12)28-11-17(18,19)20/h3-6H,2,7-11H2,1H3,(H,24,27)(H2,21,22,23). The van der Waals surface area contributed by atoms with Crippen molar-refractivity contribution in [3.8, 4) is 5.75 Å². The number of urea groups is 1. The number of carbonyl (C=O) groups is 2. The molecule has 0 atom stereocenters. The Hall–Kier alpha value is -2.98. The van der Waals surface area contributed by atoms with Crippen LogP contribution in [0.1, 0.15) is 12.5 Å². The molecule has 1 aromatic rings. The zero-order chi connectivity index (χ0) is 20.6. The fraction of sp³-hybridized carbons (Fsp3) is 0.471. The minimum atomic E-state index is -4.38. The van der Waals surface area contributed by atoms with Crippen molar-refractivity contribution >= 4 is 17.9 Å². The van der Waals surface area contributed by atoms with Gasteiger partial charge in [0.05, 0.1) is 13.1 Å². The maximum atomic E-state index is 12.1. The summed E-state index contributed by atoms with van der Waals surface area (Å²) in [4.78, 5) is 28.5. The van der Waals surface area contributed by atoms with E-state index in [2.05, 4.69) is 25.7 Å². The highest BCUT2D eigenvalue weighted by Crippen LogP contribution is 2.19. The lowest BCUT2D eigenvalue weighted by molar-refractivity contribution is -0.153. The Morgan fingerprint density at radius 2 is 1.96 bits per heavy atom. The number of nitrogens with zero attached hydrogens (tertiary/aromatic N) is 2. The molecular weight excluding hydrogens is 379 g/mol. The van der Waals surface area contributed by atoms with Crippen molar-refractivity contribution in [3.63, 3.8) is 0 Å². The number of benzene rings is 1. The van der Waals surface area contributed by atoms with Crippen LogP contribution in [0.3, 0.4) is 0 Å². The predicted molar refractivity (Wildman–Crippen MR) is 95.9 cm³/mol. The first-order chi connectivity index (χ1) is 13.3. The molecule has 1 heterocycles. The minimum absolute atomic E-state index is 0.00959. The molecule has 1 fully saturated rings. The number of guanidine groups is 1. The Bertz CT molecular complexity index is 691. The second kappa shape index (κ2) is 9.81. The number of imide groups is 1. The number of aliphatic imine (C=N–C) groups is 1. The van der Waals surface area contributed by atoms with E-state index in [-0.39, 0.29) is 31.3 Å². The van der Waals surface area contributed by atoms with Gasteiger partial charge in [-0.25, -0.2) is 9.79 Å². The fourth-order valence-electron chi connectivity index (χ4n) is 2.34. The zero-order valence-electron chi connectivity index (χ0n) is 15.3. The Balaban J connectivity index is 1.84. The average Bonchev–Trinajstić information content (AvgIpc) is 2.96. The van der Waals surface area contributed by atoms with Crippen molar-refractivity contribution in [2.45, 2.75) is 19.6 Å². The van der Waals surface area contributed by atoms with Gasteiger partial charge in [0.15, 0.2) is 12.6 Å². The van der Waals surface area contributed by atoms with Crippen molar-refractivity contribution < 1.29 is 27.5 Å². The van der Waals surface area contributed by atoms with Gasteiger partial charge in [-0.3, -0.25) is 9.69 Å². The summed E-state index contributed by atoms with van der Waals surface area (Å²) in [7, 11) is 0. The zero-order valence-corrected chi connectivity index (χ0v) is 15.3. The van der Waals surface area contributed by atoms with Gasteiger partial charge in [0, 0.05) is 19.6 Å². The number of alkyl halides is 3. The molecule has 1 aromatic carbocycles. The van der Waals surface area contributed by atoms with Crippen molar-refractivity contribution in [1.82, 2.24) is 20.9 Å². The molecule has 3 amide bonds. The van der Waals surface area contributed by atoms with Crippen LogP contribution in [0.2, 0.25) is 0 Å². The summed E-state index contributed by atoms with van der Waals surface area (Å²) in [6.07, 6.45) is -4.38. The van der Waals surface area contributed by atoms with Crippen LogP contribution >= 0.6 is 0 Å². The summed E-state index contributed by atoms with van der Waals surface area (Å²) >= 11 is 0. The monoisotopic (exact) mass is 401 g/mol. The number of rotatable bonds is 8. The summed E-state index contributed by atoms with van der Waals surface area (Å²) in [5.74, 6) is 0.345. The Morgan fingerprint density at radius 3 is 2.54 bits per heavy atom. The topological polar surface area (TPSA) is 95.1 Å². The molecular formula is C17H22F3N5O3. The van der Waals surface area contributed by atoms with Crippen LogP contribution in [-0.4, -0.2) is 61.8 Å². The van der Waals surface area contributed by atoms with Crippen LogP contribution in [0.5, 0.6) is 5.75 Å². The van der Waals surface area contributed by atoms with E-state index in [9.17, 15) is 22.8 Å². The van der Waals surface area contributed by atoms with E-state index < -0.39 is 18.8 Å². The third-order valence-corrected chi connectivity index (χ3v) is 3.65. The number of halogens is 3. The largest absolute Gasteiger partial charge is 0.484 e. The Kier molecular flexibility index (Phi) is 7.47. The Labute approximate surface area is 160 Å². The van der Waals surface area contributed by atoms with Gasteiger partial charge >= 0.3 is 12.2 Å². The predicted octanol–water partition coefficient (Wildman–Crippen LogP) is 1.23. The lowest BCUT2D eigenvalue weighted by Gasteiger charge is -2.15. The van der Waals surface area contributed by atoms with E-state index in [0.29, 0.717) is 19.0 Å². The lowest BCUT2D eigenvalue weighted by Crippen LogP contribution is -2.43. The first kappa shape index (κ1) is 21.3. The van der Waals surface area contributed by atoms with Gasteiger partial charge in [-0.15, -0.1) is 0 Å². The molecule has 0 spiro atoms. The van der Waals surface area contributed by atoms with Gasteiger partial charge in [0.2, 0.25) is 5.91 Å². The molecule has 3 N–H and O–H groups in total. The molecule has 0 bridgehead atoms. The van der Waals surface area contributed by atoms with Crippen LogP contribution in [0.15, 0.2) is 29.3 Å². The summed E-state index contributed by atoms with van der Waals surface area (Å²) in [5.41, 5.74) is 0.783. The summed E-state index contributed by atoms with van der Waals surface area (Å²) in [5, 5.41) is 8.50. The fourth-order valence-corrected chi connectivity index (χ4v) is 2.34. The SMILES string of the molecule is CCNC(=NCc1ccc(OCC(F)(F)F)cc1)NCCN1C(=O)CNC1=O. The van der Waals surface area contributed by atoms with Crippen molar-refractivity contribution in [2.24, 2.45) is 4.99 Å². The van der Waals surface area contributed by atoms with Gasteiger partial charge < -0.3 is 20.7 Å².